The van der Waals surface area contributed by atoms with Crippen LogP contribution in [0.5, 0.6) is 5.75 Å². The zero-order valence-corrected chi connectivity index (χ0v) is 11.3. The van der Waals surface area contributed by atoms with E-state index in [-0.39, 0.29) is 10.6 Å². The lowest BCUT2D eigenvalue weighted by atomic mass is 10.1. The first-order valence-corrected chi connectivity index (χ1v) is 6.34. The highest BCUT2D eigenvalue weighted by Crippen LogP contribution is 2.25. The Bertz CT molecular complexity index is 458. The summed E-state index contributed by atoms with van der Waals surface area (Å²) in [5.41, 5.74) is 0.958. The average molecular weight is 265 g/mol. The fourth-order valence-corrected chi connectivity index (χ4v) is 2.42. The first kappa shape index (κ1) is 13.8. The molecule has 1 aliphatic heterocycles. The molecule has 2 rings (SSSR count). The summed E-state index contributed by atoms with van der Waals surface area (Å²) >= 11 is 0. The van der Waals surface area contributed by atoms with Gasteiger partial charge in [0.25, 0.3) is 5.69 Å². The first-order valence-electron chi connectivity index (χ1n) is 6.34. The molecule has 1 aliphatic rings. The molecule has 0 spiro atoms. The molecule has 1 heterocycles. The molecule has 1 aromatic rings. The van der Waals surface area contributed by atoms with Crippen molar-refractivity contribution in [1.82, 2.24) is 10.2 Å². The number of nitrogens with zero attached hydrogens (tertiary/aromatic N) is 2. The number of hydrogen-bond donors (Lipinski definition) is 1. The smallest absolute Gasteiger partial charge is 0.270 e. The van der Waals surface area contributed by atoms with Crippen LogP contribution in [0.2, 0.25) is 0 Å². The van der Waals surface area contributed by atoms with Crippen molar-refractivity contribution in [3.63, 3.8) is 0 Å². The predicted molar refractivity (Wildman–Crippen MR) is 72.4 cm³/mol. The summed E-state index contributed by atoms with van der Waals surface area (Å²) in [5.74, 6) is 0.698. The van der Waals surface area contributed by atoms with Gasteiger partial charge in [-0.1, -0.05) is 0 Å². The van der Waals surface area contributed by atoms with Crippen LogP contribution in [0.3, 0.4) is 0 Å². The Balaban J connectivity index is 2.16. The summed E-state index contributed by atoms with van der Waals surface area (Å²) in [4.78, 5) is 12.7. The maximum absolute atomic E-state index is 10.8. The number of benzene rings is 1. The number of nitro benzene ring substituents is 1. The molecule has 104 valence electrons. The number of nitrogens with one attached hydrogen (secondary N) is 1. The van der Waals surface area contributed by atoms with Crippen molar-refractivity contribution in [2.45, 2.75) is 19.0 Å². The zero-order valence-electron chi connectivity index (χ0n) is 11.3. The van der Waals surface area contributed by atoms with E-state index in [2.05, 4.69) is 10.2 Å². The molecule has 1 fully saturated rings. The van der Waals surface area contributed by atoms with Gasteiger partial charge in [0, 0.05) is 36.8 Å². The monoisotopic (exact) mass is 265 g/mol. The van der Waals surface area contributed by atoms with Crippen molar-refractivity contribution in [2.75, 3.05) is 27.2 Å². The highest BCUT2D eigenvalue weighted by molar-refractivity contribution is 5.43. The lowest BCUT2D eigenvalue weighted by molar-refractivity contribution is -0.385. The Kier molecular flexibility index (Phi) is 4.34. The number of methoxy groups -OCH3 is 1. The lowest BCUT2D eigenvalue weighted by Crippen LogP contribution is -2.32. The van der Waals surface area contributed by atoms with E-state index in [0.717, 1.165) is 25.1 Å². The van der Waals surface area contributed by atoms with Crippen LogP contribution < -0.4 is 10.1 Å². The van der Waals surface area contributed by atoms with Gasteiger partial charge in [0.05, 0.1) is 12.0 Å². The largest absolute Gasteiger partial charge is 0.496 e. The van der Waals surface area contributed by atoms with E-state index in [1.54, 1.807) is 19.2 Å². The molecule has 6 nitrogen and oxygen atoms in total. The summed E-state index contributed by atoms with van der Waals surface area (Å²) in [6, 6.07) is 5.20. The van der Waals surface area contributed by atoms with Crippen molar-refractivity contribution >= 4 is 5.69 Å². The van der Waals surface area contributed by atoms with Gasteiger partial charge in [0.2, 0.25) is 0 Å². The van der Waals surface area contributed by atoms with Gasteiger partial charge in [0.15, 0.2) is 0 Å². The van der Waals surface area contributed by atoms with Crippen LogP contribution in [-0.2, 0) is 6.54 Å². The third-order valence-corrected chi connectivity index (χ3v) is 3.55. The third-order valence-electron chi connectivity index (χ3n) is 3.55. The van der Waals surface area contributed by atoms with Crippen molar-refractivity contribution in [2.24, 2.45) is 0 Å². The molecule has 19 heavy (non-hydrogen) atoms. The Labute approximate surface area is 112 Å². The number of hydrogen-bond acceptors (Lipinski definition) is 5. The second-order valence-electron chi connectivity index (χ2n) is 4.81. The standard InChI is InChI=1S/C13H19N3O3/c1-15(12-5-6-14-8-12)9-10-7-11(16(17)18)3-4-13(10)19-2/h3-4,7,12,14H,5-6,8-9H2,1-2H3. The van der Waals surface area contributed by atoms with Gasteiger partial charge in [-0.05, 0) is 26.1 Å². The molecule has 1 unspecified atom stereocenters. The van der Waals surface area contributed by atoms with E-state index in [0.29, 0.717) is 18.3 Å². The van der Waals surface area contributed by atoms with Gasteiger partial charge in [-0.15, -0.1) is 0 Å². The van der Waals surface area contributed by atoms with Crippen molar-refractivity contribution < 1.29 is 9.66 Å². The molecule has 0 amide bonds. The quantitative estimate of drug-likeness (QED) is 0.644. The summed E-state index contributed by atoms with van der Waals surface area (Å²) in [6.45, 7) is 2.64. The fraction of sp³-hybridized carbons (Fsp3) is 0.538. The molecule has 1 aromatic carbocycles. The Hall–Kier alpha value is -1.66. The normalized spacial score (nSPS) is 18.8. The Morgan fingerprint density at radius 3 is 2.95 bits per heavy atom. The topological polar surface area (TPSA) is 67.6 Å². The second-order valence-corrected chi connectivity index (χ2v) is 4.81. The first-order chi connectivity index (χ1) is 9.11. The number of non-ortho nitro benzene ring substituents is 1. The van der Waals surface area contributed by atoms with Crippen molar-refractivity contribution in [3.05, 3.63) is 33.9 Å². The summed E-state index contributed by atoms with van der Waals surface area (Å²) in [5, 5.41) is 14.2. The molecule has 0 bridgehead atoms. The number of rotatable bonds is 5. The highest BCUT2D eigenvalue weighted by Gasteiger charge is 2.21. The summed E-state index contributed by atoms with van der Waals surface area (Å²) in [6.07, 6.45) is 1.10. The molecule has 1 N–H and O–H groups in total. The molecule has 0 radical (unpaired) electrons. The molecule has 0 aromatic heterocycles. The molecular weight excluding hydrogens is 246 g/mol. The molecular formula is C13H19N3O3. The van der Waals surface area contributed by atoms with Crippen LogP contribution in [0.4, 0.5) is 5.69 Å². The molecule has 0 saturated carbocycles. The van der Waals surface area contributed by atoms with Gasteiger partial charge in [-0.3, -0.25) is 15.0 Å². The summed E-state index contributed by atoms with van der Waals surface area (Å²) < 4.78 is 5.28. The zero-order chi connectivity index (χ0) is 13.8. The van der Waals surface area contributed by atoms with E-state index < -0.39 is 0 Å². The average Bonchev–Trinajstić information content (AvgIpc) is 2.92. The maximum Gasteiger partial charge on any atom is 0.270 e. The fourth-order valence-electron chi connectivity index (χ4n) is 2.42. The van der Waals surface area contributed by atoms with Crippen LogP contribution in [0.25, 0.3) is 0 Å². The maximum atomic E-state index is 10.8. The number of likely N-dealkylation sites (N-methyl/N-ethyl adjacent to an activating group) is 1. The van der Waals surface area contributed by atoms with E-state index in [1.165, 1.54) is 6.07 Å². The predicted octanol–water partition coefficient (Wildman–Crippen LogP) is 1.40. The number of ether oxygens (including phenoxy) is 1. The van der Waals surface area contributed by atoms with Crippen LogP contribution in [0.15, 0.2) is 18.2 Å². The van der Waals surface area contributed by atoms with Gasteiger partial charge in [-0.25, -0.2) is 0 Å². The van der Waals surface area contributed by atoms with Gasteiger partial charge in [-0.2, -0.15) is 0 Å². The molecule has 0 aliphatic carbocycles. The molecule has 1 saturated heterocycles. The van der Waals surface area contributed by atoms with Gasteiger partial charge >= 0.3 is 0 Å². The van der Waals surface area contributed by atoms with E-state index in [1.807, 2.05) is 7.05 Å². The van der Waals surface area contributed by atoms with Gasteiger partial charge in [0.1, 0.15) is 5.75 Å². The van der Waals surface area contributed by atoms with Crippen LogP contribution in [0.1, 0.15) is 12.0 Å². The highest BCUT2D eigenvalue weighted by atomic mass is 16.6. The minimum absolute atomic E-state index is 0.105. The lowest BCUT2D eigenvalue weighted by Gasteiger charge is -2.24. The van der Waals surface area contributed by atoms with Crippen molar-refractivity contribution in [3.8, 4) is 5.75 Å². The minimum Gasteiger partial charge on any atom is -0.496 e. The Morgan fingerprint density at radius 2 is 2.37 bits per heavy atom. The third kappa shape index (κ3) is 3.21. The van der Waals surface area contributed by atoms with E-state index in [4.69, 9.17) is 4.74 Å². The van der Waals surface area contributed by atoms with Crippen LogP contribution in [-0.4, -0.2) is 43.1 Å². The van der Waals surface area contributed by atoms with E-state index in [9.17, 15) is 10.1 Å². The van der Waals surface area contributed by atoms with E-state index >= 15 is 0 Å². The van der Waals surface area contributed by atoms with Crippen molar-refractivity contribution in [1.29, 1.82) is 0 Å². The molecule has 1 atom stereocenters. The van der Waals surface area contributed by atoms with Crippen LogP contribution >= 0.6 is 0 Å². The number of nitro groups is 1. The Morgan fingerprint density at radius 1 is 1.58 bits per heavy atom. The SMILES string of the molecule is COc1ccc([N+](=O)[O-])cc1CN(C)C1CCNC1. The second kappa shape index (κ2) is 5.99. The van der Waals surface area contributed by atoms with Gasteiger partial charge < -0.3 is 10.1 Å². The minimum atomic E-state index is -0.375. The molecule has 6 heteroatoms. The van der Waals surface area contributed by atoms with Crippen LogP contribution in [0, 0.1) is 10.1 Å². The summed E-state index contributed by atoms with van der Waals surface area (Å²) in [7, 11) is 3.62.